The molecule has 5 heteroatoms. The molecule has 90 valence electrons. The Kier molecular flexibility index (Phi) is 2.69. The van der Waals surface area contributed by atoms with E-state index in [1.165, 1.54) is 0 Å². The second-order valence-electron chi connectivity index (χ2n) is 3.87. The van der Waals surface area contributed by atoms with E-state index in [4.69, 9.17) is 0 Å². The largest absolute Gasteiger partial charge is 0.449 e. The highest BCUT2D eigenvalue weighted by Crippen LogP contribution is 2.31. The monoisotopic (exact) mass is 240 g/mol. The first-order chi connectivity index (χ1) is 7.89. The fraction of sp³-hybridized carbons (Fsp3) is 0.250. The molecule has 1 aromatic carbocycles. The summed E-state index contributed by atoms with van der Waals surface area (Å²) in [5.74, 6) is -0.951. The third kappa shape index (κ3) is 2.18. The summed E-state index contributed by atoms with van der Waals surface area (Å²) in [4.78, 5) is 5.91. The summed E-state index contributed by atoms with van der Waals surface area (Å²) < 4.78 is 37.5. The Morgan fingerprint density at radius 1 is 1.12 bits per heavy atom. The normalized spacial score (nSPS) is 11.8. The highest BCUT2D eigenvalue weighted by atomic mass is 19.4. The SMILES string of the molecule is Cc1ccccc1-c1nc(C(F)(F)F)[nH]c1C. The maximum absolute atomic E-state index is 12.5. The van der Waals surface area contributed by atoms with Gasteiger partial charge in [0.2, 0.25) is 5.82 Å². The zero-order valence-electron chi connectivity index (χ0n) is 9.39. The van der Waals surface area contributed by atoms with Crippen LogP contribution >= 0.6 is 0 Å². The molecule has 0 aliphatic rings. The van der Waals surface area contributed by atoms with Crippen LogP contribution in [0, 0.1) is 13.8 Å². The van der Waals surface area contributed by atoms with E-state index in [0.717, 1.165) is 11.1 Å². The van der Waals surface area contributed by atoms with Crippen molar-refractivity contribution >= 4 is 0 Å². The Balaban J connectivity index is 2.55. The number of imidazole rings is 1. The molecule has 2 rings (SSSR count). The van der Waals surface area contributed by atoms with Crippen molar-refractivity contribution in [3.63, 3.8) is 0 Å². The van der Waals surface area contributed by atoms with Crippen LogP contribution in [-0.4, -0.2) is 9.97 Å². The highest BCUT2D eigenvalue weighted by molar-refractivity contribution is 5.65. The van der Waals surface area contributed by atoms with Crippen LogP contribution in [0.25, 0.3) is 11.3 Å². The van der Waals surface area contributed by atoms with E-state index in [2.05, 4.69) is 9.97 Å². The van der Waals surface area contributed by atoms with Crippen LogP contribution < -0.4 is 0 Å². The number of nitrogens with one attached hydrogen (secondary N) is 1. The number of benzene rings is 1. The zero-order valence-corrected chi connectivity index (χ0v) is 9.39. The molecular formula is C12H11F3N2. The molecule has 0 amide bonds. The van der Waals surface area contributed by atoms with E-state index >= 15 is 0 Å². The predicted octanol–water partition coefficient (Wildman–Crippen LogP) is 3.71. The van der Waals surface area contributed by atoms with Crippen molar-refractivity contribution in [1.29, 1.82) is 0 Å². The molecule has 0 spiro atoms. The zero-order chi connectivity index (χ0) is 12.6. The molecule has 0 saturated heterocycles. The third-order valence-electron chi connectivity index (χ3n) is 2.55. The van der Waals surface area contributed by atoms with Crippen molar-refractivity contribution in [2.45, 2.75) is 20.0 Å². The first-order valence-electron chi connectivity index (χ1n) is 5.09. The van der Waals surface area contributed by atoms with Gasteiger partial charge in [0, 0.05) is 11.3 Å². The first-order valence-corrected chi connectivity index (χ1v) is 5.09. The number of hydrogen-bond donors (Lipinski definition) is 1. The molecule has 0 unspecified atom stereocenters. The van der Waals surface area contributed by atoms with Gasteiger partial charge in [-0.3, -0.25) is 0 Å². The lowest BCUT2D eigenvalue weighted by atomic mass is 10.1. The Bertz CT molecular complexity index is 541. The van der Waals surface area contributed by atoms with Crippen LogP contribution in [0.2, 0.25) is 0 Å². The van der Waals surface area contributed by atoms with E-state index in [9.17, 15) is 13.2 Å². The van der Waals surface area contributed by atoms with Gasteiger partial charge in [0.15, 0.2) is 0 Å². The summed E-state index contributed by atoms with van der Waals surface area (Å²) in [6.45, 7) is 3.43. The molecule has 1 heterocycles. The molecule has 0 radical (unpaired) electrons. The second kappa shape index (κ2) is 3.91. The number of hydrogen-bond acceptors (Lipinski definition) is 1. The highest BCUT2D eigenvalue weighted by Gasteiger charge is 2.35. The third-order valence-corrected chi connectivity index (χ3v) is 2.55. The van der Waals surface area contributed by atoms with Crippen LogP contribution in [0.4, 0.5) is 13.2 Å². The van der Waals surface area contributed by atoms with E-state index < -0.39 is 12.0 Å². The van der Waals surface area contributed by atoms with Crippen molar-refractivity contribution in [1.82, 2.24) is 9.97 Å². The van der Waals surface area contributed by atoms with Crippen molar-refractivity contribution in [3.8, 4) is 11.3 Å². The molecule has 1 aromatic heterocycles. The number of aromatic nitrogens is 2. The van der Waals surface area contributed by atoms with Crippen LogP contribution in [-0.2, 0) is 6.18 Å². The summed E-state index contributed by atoms with van der Waals surface area (Å²) in [5.41, 5.74) is 2.40. The molecule has 17 heavy (non-hydrogen) atoms. The maximum atomic E-state index is 12.5. The Morgan fingerprint density at radius 3 is 2.29 bits per heavy atom. The Labute approximate surface area is 96.5 Å². The molecule has 2 nitrogen and oxygen atoms in total. The topological polar surface area (TPSA) is 28.7 Å². The van der Waals surface area contributed by atoms with Crippen LogP contribution in [0.1, 0.15) is 17.1 Å². The van der Waals surface area contributed by atoms with Gasteiger partial charge in [-0.25, -0.2) is 4.98 Å². The molecule has 0 aliphatic heterocycles. The van der Waals surface area contributed by atoms with Crippen LogP contribution in [0.3, 0.4) is 0 Å². The fourth-order valence-electron chi connectivity index (χ4n) is 1.70. The lowest BCUT2D eigenvalue weighted by Crippen LogP contribution is -2.07. The minimum absolute atomic E-state index is 0.357. The van der Waals surface area contributed by atoms with Gasteiger partial charge in [0.25, 0.3) is 0 Å². The fourth-order valence-corrected chi connectivity index (χ4v) is 1.70. The van der Waals surface area contributed by atoms with Crippen LogP contribution in [0.5, 0.6) is 0 Å². The number of rotatable bonds is 1. The van der Waals surface area contributed by atoms with E-state index in [1.807, 2.05) is 19.1 Å². The summed E-state index contributed by atoms with van der Waals surface area (Å²) in [7, 11) is 0. The van der Waals surface area contributed by atoms with Gasteiger partial charge in [-0.15, -0.1) is 0 Å². The molecule has 0 atom stereocenters. The predicted molar refractivity (Wildman–Crippen MR) is 58.5 cm³/mol. The number of aryl methyl sites for hydroxylation is 2. The summed E-state index contributed by atoms with van der Waals surface area (Å²) in [6.07, 6.45) is -4.44. The van der Waals surface area contributed by atoms with Gasteiger partial charge in [-0.1, -0.05) is 24.3 Å². The molecular weight excluding hydrogens is 229 g/mol. The van der Waals surface area contributed by atoms with Gasteiger partial charge in [-0.05, 0) is 19.4 Å². The quantitative estimate of drug-likeness (QED) is 0.808. The average molecular weight is 240 g/mol. The van der Waals surface area contributed by atoms with Gasteiger partial charge in [0.05, 0.1) is 5.69 Å². The number of aromatic amines is 1. The van der Waals surface area contributed by atoms with E-state index in [0.29, 0.717) is 11.4 Å². The molecule has 1 N–H and O–H groups in total. The average Bonchev–Trinajstić information content (AvgIpc) is 2.61. The number of nitrogens with zero attached hydrogens (tertiary/aromatic N) is 1. The van der Waals surface area contributed by atoms with Gasteiger partial charge < -0.3 is 4.98 Å². The molecule has 0 saturated carbocycles. The lowest BCUT2D eigenvalue weighted by Gasteiger charge is -2.02. The molecule has 0 bridgehead atoms. The van der Waals surface area contributed by atoms with Crippen LogP contribution in [0.15, 0.2) is 24.3 Å². The maximum Gasteiger partial charge on any atom is 0.449 e. The van der Waals surface area contributed by atoms with Crippen molar-refractivity contribution < 1.29 is 13.2 Å². The molecule has 0 aliphatic carbocycles. The number of H-pyrrole nitrogens is 1. The minimum atomic E-state index is -4.44. The van der Waals surface area contributed by atoms with Gasteiger partial charge >= 0.3 is 6.18 Å². The minimum Gasteiger partial charge on any atom is -0.338 e. The second-order valence-corrected chi connectivity index (χ2v) is 3.87. The Morgan fingerprint density at radius 2 is 1.76 bits per heavy atom. The standard InChI is InChI=1S/C12H11F3N2/c1-7-5-3-4-6-9(7)10-8(2)16-11(17-10)12(13,14)15/h3-6H,1-2H3,(H,16,17). The first kappa shape index (κ1) is 11.7. The number of halogens is 3. The Hall–Kier alpha value is -1.78. The number of alkyl halides is 3. The van der Waals surface area contributed by atoms with Crippen molar-refractivity contribution in [2.24, 2.45) is 0 Å². The smallest absolute Gasteiger partial charge is 0.338 e. The van der Waals surface area contributed by atoms with E-state index in [-0.39, 0.29) is 0 Å². The van der Waals surface area contributed by atoms with Crippen molar-refractivity contribution in [2.75, 3.05) is 0 Å². The summed E-state index contributed by atoms with van der Waals surface area (Å²) in [6, 6.07) is 7.23. The van der Waals surface area contributed by atoms with E-state index in [1.54, 1.807) is 19.1 Å². The van der Waals surface area contributed by atoms with Gasteiger partial charge in [0.1, 0.15) is 0 Å². The molecule has 0 fully saturated rings. The van der Waals surface area contributed by atoms with Gasteiger partial charge in [-0.2, -0.15) is 13.2 Å². The summed E-state index contributed by atoms with van der Waals surface area (Å²) >= 11 is 0. The lowest BCUT2D eigenvalue weighted by molar-refractivity contribution is -0.144. The van der Waals surface area contributed by atoms with Crippen molar-refractivity contribution in [3.05, 3.63) is 41.3 Å². The summed E-state index contributed by atoms with van der Waals surface area (Å²) in [5, 5.41) is 0. The molecule has 2 aromatic rings.